The van der Waals surface area contributed by atoms with Crippen molar-refractivity contribution in [1.29, 1.82) is 0 Å². The minimum absolute atomic E-state index is 0.123. The van der Waals surface area contributed by atoms with Crippen LogP contribution >= 0.6 is 11.8 Å². The first kappa shape index (κ1) is 17.5. The average molecular weight is 359 g/mol. The number of amides is 2. The van der Waals surface area contributed by atoms with Crippen molar-refractivity contribution in [3.63, 3.8) is 0 Å². The SMILES string of the molecule is CC(=O)Nc1cccc(-n2cnnc2SCC(=O)N2CCCCC2)c1. The van der Waals surface area contributed by atoms with Gasteiger partial charge in [-0.1, -0.05) is 17.8 Å². The molecule has 1 aromatic heterocycles. The number of hydrogen-bond acceptors (Lipinski definition) is 5. The van der Waals surface area contributed by atoms with E-state index in [1.807, 2.05) is 33.7 Å². The van der Waals surface area contributed by atoms with Gasteiger partial charge in [-0.15, -0.1) is 10.2 Å². The molecule has 0 unspecified atom stereocenters. The summed E-state index contributed by atoms with van der Waals surface area (Å²) in [5.41, 5.74) is 1.54. The van der Waals surface area contributed by atoms with Gasteiger partial charge in [0, 0.05) is 25.7 Å². The molecule has 1 saturated heterocycles. The molecule has 0 radical (unpaired) electrons. The van der Waals surface area contributed by atoms with E-state index in [2.05, 4.69) is 15.5 Å². The molecule has 0 atom stereocenters. The second-order valence-corrected chi connectivity index (χ2v) is 6.89. The molecule has 132 valence electrons. The van der Waals surface area contributed by atoms with Crippen molar-refractivity contribution in [2.24, 2.45) is 0 Å². The quantitative estimate of drug-likeness (QED) is 0.829. The molecule has 25 heavy (non-hydrogen) atoms. The van der Waals surface area contributed by atoms with Crippen molar-refractivity contribution in [1.82, 2.24) is 19.7 Å². The third kappa shape index (κ3) is 4.60. The molecule has 1 aliphatic rings. The molecular formula is C17H21N5O2S. The topological polar surface area (TPSA) is 80.1 Å². The Morgan fingerprint density at radius 2 is 2.04 bits per heavy atom. The summed E-state index contributed by atoms with van der Waals surface area (Å²) in [6.45, 7) is 3.18. The second-order valence-electron chi connectivity index (χ2n) is 5.95. The van der Waals surface area contributed by atoms with Crippen molar-refractivity contribution in [2.75, 3.05) is 24.2 Å². The highest BCUT2D eigenvalue weighted by atomic mass is 32.2. The highest BCUT2D eigenvalue weighted by Gasteiger charge is 2.18. The fourth-order valence-corrected chi connectivity index (χ4v) is 3.63. The van der Waals surface area contributed by atoms with Gasteiger partial charge in [0.05, 0.1) is 11.4 Å². The van der Waals surface area contributed by atoms with E-state index in [4.69, 9.17) is 0 Å². The molecule has 2 heterocycles. The number of anilines is 1. The summed E-state index contributed by atoms with van der Waals surface area (Å²) >= 11 is 1.38. The lowest BCUT2D eigenvalue weighted by atomic mass is 10.1. The third-order valence-electron chi connectivity index (χ3n) is 3.99. The van der Waals surface area contributed by atoms with Crippen LogP contribution in [0.25, 0.3) is 5.69 Å². The Morgan fingerprint density at radius 3 is 2.80 bits per heavy atom. The van der Waals surface area contributed by atoms with Gasteiger partial charge in [0.25, 0.3) is 0 Å². The standard InChI is InChI=1S/C17H21N5O2S/c1-13(23)19-14-6-5-7-15(10-14)22-12-18-20-17(22)25-11-16(24)21-8-3-2-4-9-21/h5-7,10,12H,2-4,8-9,11H2,1H3,(H,19,23). The average Bonchev–Trinajstić information content (AvgIpc) is 3.08. The summed E-state index contributed by atoms with van der Waals surface area (Å²) in [4.78, 5) is 25.5. The summed E-state index contributed by atoms with van der Waals surface area (Å²) < 4.78 is 1.82. The van der Waals surface area contributed by atoms with E-state index < -0.39 is 0 Å². The number of thioether (sulfide) groups is 1. The van der Waals surface area contributed by atoms with E-state index in [1.54, 1.807) is 6.33 Å². The van der Waals surface area contributed by atoms with Gasteiger partial charge in [0.1, 0.15) is 6.33 Å². The van der Waals surface area contributed by atoms with Crippen LogP contribution < -0.4 is 5.32 Å². The van der Waals surface area contributed by atoms with Crippen LogP contribution in [0.5, 0.6) is 0 Å². The van der Waals surface area contributed by atoms with Crippen LogP contribution in [0.15, 0.2) is 35.7 Å². The number of carbonyl (C=O) groups excluding carboxylic acids is 2. The number of carbonyl (C=O) groups is 2. The Bertz CT molecular complexity index is 755. The van der Waals surface area contributed by atoms with Crippen molar-refractivity contribution >= 4 is 29.3 Å². The molecular weight excluding hydrogens is 338 g/mol. The lowest BCUT2D eigenvalue weighted by molar-refractivity contribution is -0.129. The maximum atomic E-state index is 12.3. The van der Waals surface area contributed by atoms with Gasteiger partial charge >= 0.3 is 0 Å². The van der Waals surface area contributed by atoms with Gasteiger partial charge in [-0.05, 0) is 37.5 Å². The fourth-order valence-electron chi connectivity index (χ4n) is 2.80. The number of hydrogen-bond donors (Lipinski definition) is 1. The van der Waals surface area contributed by atoms with Crippen molar-refractivity contribution < 1.29 is 9.59 Å². The second kappa shape index (κ2) is 8.15. The number of nitrogens with one attached hydrogen (secondary N) is 1. The maximum Gasteiger partial charge on any atom is 0.233 e. The zero-order chi connectivity index (χ0) is 17.6. The normalized spacial score (nSPS) is 14.4. The number of aromatic nitrogens is 3. The van der Waals surface area contributed by atoms with Crippen LogP contribution in [0, 0.1) is 0 Å². The molecule has 0 spiro atoms. The van der Waals surface area contributed by atoms with E-state index in [0.29, 0.717) is 16.6 Å². The summed E-state index contributed by atoms with van der Waals surface area (Å²) in [5, 5.41) is 11.5. The molecule has 2 aromatic rings. The largest absolute Gasteiger partial charge is 0.342 e. The van der Waals surface area contributed by atoms with Crippen LogP contribution in [-0.4, -0.2) is 50.3 Å². The zero-order valence-corrected chi connectivity index (χ0v) is 15.0. The molecule has 1 aliphatic heterocycles. The first-order chi connectivity index (χ1) is 12.1. The van der Waals surface area contributed by atoms with E-state index in [-0.39, 0.29) is 11.8 Å². The number of piperidine rings is 1. The smallest absolute Gasteiger partial charge is 0.233 e. The van der Waals surface area contributed by atoms with Gasteiger partial charge in [-0.2, -0.15) is 0 Å². The molecule has 1 fully saturated rings. The molecule has 2 amide bonds. The number of rotatable bonds is 5. The van der Waals surface area contributed by atoms with Gasteiger partial charge in [-0.25, -0.2) is 0 Å². The lowest BCUT2D eigenvalue weighted by Gasteiger charge is -2.26. The highest BCUT2D eigenvalue weighted by molar-refractivity contribution is 7.99. The highest BCUT2D eigenvalue weighted by Crippen LogP contribution is 2.22. The summed E-state index contributed by atoms with van der Waals surface area (Å²) in [6, 6.07) is 7.43. The van der Waals surface area contributed by atoms with Crippen LogP contribution in [0.3, 0.4) is 0 Å². The Morgan fingerprint density at radius 1 is 1.24 bits per heavy atom. The van der Waals surface area contributed by atoms with Crippen molar-refractivity contribution in [3.8, 4) is 5.69 Å². The molecule has 0 bridgehead atoms. The van der Waals surface area contributed by atoms with E-state index in [9.17, 15) is 9.59 Å². The molecule has 0 aliphatic carbocycles. The van der Waals surface area contributed by atoms with Crippen LogP contribution in [0.2, 0.25) is 0 Å². The molecule has 3 rings (SSSR count). The van der Waals surface area contributed by atoms with Crippen LogP contribution in [0.4, 0.5) is 5.69 Å². The van der Waals surface area contributed by atoms with Gasteiger partial charge in [0.2, 0.25) is 11.8 Å². The number of benzene rings is 1. The lowest BCUT2D eigenvalue weighted by Crippen LogP contribution is -2.36. The molecule has 7 nitrogen and oxygen atoms in total. The number of likely N-dealkylation sites (tertiary alicyclic amines) is 1. The van der Waals surface area contributed by atoms with Gasteiger partial charge in [0.15, 0.2) is 5.16 Å². The monoisotopic (exact) mass is 359 g/mol. The Labute approximate surface area is 150 Å². The first-order valence-corrected chi connectivity index (χ1v) is 9.30. The molecule has 1 aromatic carbocycles. The molecule has 8 heteroatoms. The first-order valence-electron chi connectivity index (χ1n) is 8.32. The van der Waals surface area contributed by atoms with E-state index >= 15 is 0 Å². The summed E-state index contributed by atoms with van der Waals surface area (Å²) in [5.74, 6) is 0.373. The molecule has 0 saturated carbocycles. The maximum absolute atomic E-state index is 12.3. The van der Waals surface area contributed by atoms with Crippen molar-refractivity contribution in [2.45, 2.75) is 31.3 Å². The summed E-state index contributed by atoms with van der Waals surface area (Å²) in [7, 11) is 0. The van der Waals surface area contributed by atoms with E-state index in [1.165, 1.54) is 25.1 Å². The minimum Gasteiger partial charge on any atom is -0.342 e. The third-order valence-corrected chi connectivity index (χ3v) is 4.92. The van der Waals surface area contributed by atoms with Crippen LogP contribution in [0.1, 0.15) is 26.2 Å². The molecule has 1 N–H and O–H groups in total. The number of nitrogens with zero attached hydrogens (tertiary/aromatic N) is 4. The van der Waals surface area contributed by atoms with Gasteiger partial charge < -0.3 is 10.2 Å². The van der Waals surface area contributed by atoms with Crippen molar-refractivity contribution in [3.05, 3.63) is 30.6 Å². The summed E-state index contributed by atoms with van der Waals surface area (Å²) in [6.07, 6.45) is 4.99. The minimum atomic E-state index is -0.123. The Hall–Kier alpha value is -2.35. The Balaban J connectivity index is 1.68. The predicted molar refractivity (Wildman–Crippen MR) is 96.8 cm³/mol. The van der Waals surface area contributed by atoms with E-state index in [0.717, 1.165) is 31.6 Å². The predicted octanol–water partition coefficient (Wildman–Crippen LogP) is 2.33. The fraction of sp³-hybridized carbons (Fsp3) is 0.412. The van der Waals surface area contributed by atoms with Crippen LogP contribution in [-0.2, 0) is 9.59 Å². The zero-order valence-electron chi connectivity index (χ0n) is 14.1. The van der Waals surface area contributed by atoms with Gasteiger partial charge in [-0.3, -0.25) is 14.2 Å². The Kier molecular flexibility index (Phi) is 5.70.